The first-order chi connectivity index (χ1) is 11.7. The molecule has 0 radical (unpaired) electrons. The molecule has 0 N–H and O–H groups in total. The molecule has 3 rings (SSSR count). The van der Waals surface area contributed by atoms with Crippen LogP contribution in [0.3, 0.4) is 0 Å². The number of rotatable bonds is 4. The Morgan fingerprint density at radius 1 is 1.00 bits per heavy atom. The van der Waals surface area contributed by atoms with E-state index in [-0.39, 0.29) is 0 Å². The van der Waals surface area contributed by atoms with Gasteiger partial charge in [0, 0.05) is 50.5 Å². The van der Waals surface area contributed by atoms with Gasteiger partial charge in [-0.05, 0) is 37.6 Å². The van der Waals surface area contributed by atoms with Crippen LogP contribution in [0.2, 0.25) is 0 Å². The summed E-state index contributed by atoms with van der Waals surface area (Å²) in [5.74, 6) is 0. The van der Waals surface area contributed by atoms with Crippen molar-refractivity contribution in [3.05, 3.63) is 53.9 Å². The standard InChI is InChI=1S/C20H24N4/c1-16(2)24-11-9-23(10-12-24)15-20-8-7-19(14-22-20)18-5-3-17(13-21)4-6-18/h3-8,14,16H,9-12,15H2,1-2H3. The summed E-state index contributed by atoms with van der Waals surface area (Å²) in [4.78, 5) is 9.63. The summed E-state index contributed by atoms with van der Waals surface area (Å²) >= 11 is 0. The number of benzene rings is 1. The molecule has 1 saturated heterocycles. The lowest BCUT2D eigenvalue weighted by molar-refractivity contribution is 0.103. The molecule has 124 valence electrons. The molecule has 1 aliphatic heterocycles. The summed E-state index contributed by atoms with van der Waals surface area (Å²) in [6.07, 6.45) is 1.93. The van der Waals surface area contributed by atoms with Crippen LogP contribution in [0.15, 0.2) is 42.6 Å². The summed E-state index contributed by atoms with van der Waals surface area (Å²) in [5.41, 5.74) is 3.99. The molecule has 1 aromatic heterocycles. The molecule has 24 heavy (non-hydrogen) atoms. The minimum absolute atomic E-state index is 0.636. The number of nitrogens with zero attached hydrogens (tertiary/aromatic N) is 4. The van der Waals surface area contributed by atoms with Gasteiger partial charge in [-0.15, -0.1) is 0 Å². The van der Waals surface area contributed by atoms with E-state index in [0.717, 1.165) is 49.5 Å². The number of nitriles is 1. The van der Waals surface area contributed by atoms with Gasteiger partial charge in [0.15, 0.2) is 0 Å². The predicted molar refractivity (Wildman–Crippen MR) is 96.4 cm³/mol. The molecule has 0 aliphatic carbocycles. The fourth-order valence-corrected chi connectivity index (χ4v) is 3.09. The zero-order valence-electron chi connectivity index (χ0n) is 14.4. The number of piperazine rings is 1. The molecule has 0 bridgehead atoms. The fourth-order valence-electron chi connectivity index (χ4n) is 3.09. The SMILES string of the molecule is CC(C)N1CCN(Cc2ccc(-c3ccc(C#N)cc3)cn2)CC1. The summed E-state index contributed by atoms with van der Waals surface area (Å²) in [6.45, 7) is 9.94. The van der Waals surface area contributed by atoms with Crippen molar-refractivity contribution >= 4 is 0 Å². The average molecular weight is 320 g/mol. The largest absolute Gasteiger partial charge is 0.298 e. The molecular weight excluding hydrogens is 296 g/mol. The fraction of sp³-hybridized carbons (Fsp3) is 0.400. The van der Waals surface area contributed by atoms with Gasteiger partial charge in [0.05, 0.1) is 17.3 Å². The summed E-state index contributed by atoms with van der Waals surface area (Å²) in [6, 6.07) is 14.6. The highest BCUT2D eigenvalue weighted by Gasteiger charge is 2.18. The second-order valence-corrected chi connectivity index (χ2v) is 6.63. The van der Waals surface area contributed by atoms with Gasteiger partial charge in [-0.2, -0.15) is 5.26 Å². The van der Waals surface area contributed by atoms with Crippen molar-refractivity contribution in [2.75, 3.05) is 26.2 Å². The lowest BCUT2D eigenvalue weighted by atomic mass is 10.1. The van der Waals surface area contributed by atoms with Gasteiger partial charge in [-0.25, -0.2) is 0 Å². The summed E-state index contributed by atoms with van der Waals surface area (Å²) < 4.78 is 0. The number of aromatic nitrogens is 1. The molecule has 0 spiro atoms. The predicted octanol–water partition coefficient (Wildman–Crippen LogP) is 3.15. The number of pyridine rings is 1. The van der Waals surface area contributed by atoms with E-state index < -0.39 is 0 Å². The summed E-state index contributed by atoms with van der Waals surface area (Å²) in [5, 5.41) is 8.87. The third kappa shape index (κ3) is 4.00. The topological polar surface area (TPSA) is 43.2 Å². The first kappa shape index (κ1) is 16.6. The normalized spacial score (nSPS) is 16.2. The maximum atomic E-state index is 8.87. The molecule has 2 heterocycles. The maximum absolute atomic E-state index is 8.87. The van der Waals surface area contributed by atoms with E-state index in [2.05, 4.69) is 46.8 Å². The Morgan fingerprint density at radius 3 is 2.21 bits per heavy atom. The Kier molecular flexibility index (Phi) is 5.24. The van der Waals surface area contributed by atoms with Crippen LogP contribution in [0.1, 0.15) is 25.1 Å². The van der Waals surface area contributed by atoms with Gasteiger partial charge in [-0.1, -0.05) is 18.2 Å². The molecule has 0 unspecified atom stereocenters. The van der Waals surface area contributed by atoms with E-state index in [4.69, 9.17) is 5.26 Å². The average Bonchev–Trinajstić information content (AvgIpc) is 2.63. The van der Waals surface area contributed by atoms with Crippen LogP contribution in [0.4, 0.5) is 0 Å². The molecule has 0 atom stereocenters. The van der Waals surface area contributed by atoms with Crippen molar-refractivity contribution in [1.29, 1.82) is 5.26 Å². The van der Waals surface area contributed by atoms with Crippen LogP contribution in [0, 0.1) is 11.3 Å². The molecular formula is C20H24N4. The highest BCUT2D eigenvalue weighted by atomic mass is 15.3. The number of hydrogen-bond acceptors (Lipinski definition) is 4. The Hall–Kier alpha value is -2.22. The second-order valence-electron chi connectivity index (χ2n) is 6.63. The van der Waals surface area contributed by atoms with Crippen LogP contribution in [-0.2, 0) is 6.54 Å². The van der Waals surface area contributed by atoms with Gasteiger partial charge in [0.2, 0.25) is 0 Å². The quantitative estimate of drug-likeness (QED) is 0.868. The maximum Gasteiger partial charge on any atom is 0.0991 e. The van der Waals surface area contributed by atoms with Gasteiger partial charge in [-0.3, -0.25) is 14.8 Å². The van der Waals surface area contributed by atoms with Crippen molar-refractivity contribution in [3.63, 3.8) is 0 Å². The molecule has 1 aliphatic rings. The number of hydrogen-bond donors (Lipinski definition) is 0. The van der Waals surface area contributed by atoms with Gasteiger partial charge in [0.25, 0.3) is 0 Å². The van der Waals surface area contributed by atoms with Gasteiger partial charge in [0.1, 0.15) is 0 Å². The van der Waals surface area contributed by atoms with E-state index in [1.54, 1.807) is 0 Å². The van der Waals surface area contributed by atoms with Crippen molar-refractivity contribution in [1.82, 2.24) is 14.8 Å². The van der Waals surface area contributed by atoms with E-state index in [0.29, 0.717) is 11.6 Å². The smallest absolute Gasteiger partial charge is 0.0991 e. The van der Waals surface area contributed by atoms with Crippen molar-refractivity contribution in [2.24, 2.45) is 0 Å². The van der Waals surface area contributed by atoms with E-state index >= 15 is 0 Å². The van der Waals surface area contributed by atoms with Crippen LogP contribution >= 0.6 is 0 Å². The third-order valence-electron chi connectivity index (χ3n) is 4.69. The zero-order chi connectivity index (χ0) is 16.9. The Balaban J connectivity index is 1.60. The van der Waals surface area contributed by atoms with Crippen LogP contribution in [0.25, 0.3) is 11.1 Å². The third-order valence-corrected chi connectivity index (χ3v) is 4.69. The van der Waals surface area contributed by atoms with E-state index in [1.165, 1.54) is 0 Å². The van der Waals surface area contributed by atoms with Gasteiger partial charge < -0.3 is 0 Å². The Bertz CT molecular complexity index is 690. The van der Waals surface area contributed by atoms with Crippen LogP contribution in [0.5, 0.6) is 0 Å². The highest BCUT2D eigenvalue weighted by Crippen LogP contribution is 2.19. The minimum Gasteiger partial charge on any atom is -0.298 e. The molecule has 1 aromatic carbocycles. The lowest BCUT2D eigenvalue weighted by Gasteiger charge is -2.36. The molecule has 0 amide bonds. The van der Waals surface area contributed by atoms with E-state index in [9.17, 15) is 0 Å². The second kappa shape index (κ2) is 7.57. The molecule has 4 nitrogen and oxygen atoms in total. The first-order valence-corrected chi connectivity index (χ1v) is 8.57. The Labute approximate surface area is 144 Å². The van der Waals surface area contributed by atoms with Crippen molar-refractivity contribution in [3.8, 4) is 17.2 Å². The van der Waals surface area contributed by atoms with E-state index in [1.807, 2.05) is 30.5 Å². The first-order valence-electron chi connectivity index (χ1n) is 8.57. The van der Waals surface area contributed by atoms with Crippen LogP contribution in [-0.4, -0.2) is 47.0 Å². The highest BCUT2D eigenvalue weighted by molar-refractivity contribution is 5.63. The molecule has 1 fully saturated rings. The van der Waals surface area contributed by atoms with Crippen LogP contribution < -0.4 is 0 Å². The monoisotopic (exact) mass is 320 g/mol. The molecule has 0 saturated carbocycles. The molecule has 2 aromatic rings. The Morgan fingerprint density at radius 2 is 1.67 bits per heavy atom. The minimum atomic E-state index is 0.636. The summed E-state index contributed by atoms with van der Waals surface area (Å²) in [7, 11) is 0. The zero-order valence-corrected chi connectivity index (χ0v) is 14.4. The molecule has 4 heteroatoms. The van der Waals surface area contributed by atoms with Crippen molar-refractivity contribution in [2.45, 2.75) is 26.4 Å². The van der Waals surface area contributed by atoms with Crippen molar-refractivity contribution < 1.29 is 0 Å². The van der Waals surface area contributed by atoms with Gasteiger partial charge >= 0.3 is 0 Å². The lowest BCUT2D eigenvalue weighted by Crippen LogP contribution is -2.48.